The number of sulfonamides is 1. The first kappa shape index (κ1) is 23.6. The molecule has 1 fully saturated rings. The van der Waals surface area contributed by atoms with E-state index < -0.39 is 21.8 Å². The first-order chi connectivity index (χ1) is 13.4. The van der Waals surface area contributed by atoms with Gasteiger partial charge in [0, 0.05) is 38.6 Å². The van der Waals surface area contributed by atoms with Gasteiger partial charge >= 0.3 is 6.18 Å². The summed E-state index contributed by atoms with van der Waals surface area (Å²) in [4.78, 5) is 16.6. The van der Waals surface area contributed by atoms with Gasteiger partial charge in [0.1, 0.15) is 0 Å². The zero-order chi connectivity index (χ0) is 21.8. The Morgan fingerprint density at radius 3 is 2.31 bits per heavy atom. The average Bonchev–Trinajstić information content (AvgIpc) is 2.63. The maximum atomic E-state index is 13.1. The molecule has 0 atom stereocenters. The zero-order valence-corrected chi connectivity index (χ0v) is 17.8. The highest BCUT2D eigenvalue weighted by molar-refractivity contribution is 7.88. The molecule has 164 valence electrons. The van der Waals surface area contributed by atoms with Gasteiger partial charge in [0.25, 0.3) is 0 Å². The Balaban J connectivity index is 2.13. The number of carbonyl (C=O) groups is 1. The predicted molar refractivity (Wildman–Crippen MR) is 105 cm³/mol. The van der Waals surface area contributed by atoms with Gasteiger partial charge < -0.3 is 9.80 Å². The van der Waals surface area contributed by atoms with Crippen molar-refractivity contribution < 1.29 is 26.4 Å². The molecule has 0 N–H and O–H groups in total. The van der Waals surface area contributed by atoms with Crippen LogP contribution < -0.4 is 0 Å². The Morgan fingerprint density at radius 1 is 1.17 bits per heavy atom. The zero-order valence-electron chi connectivity index (χ0n) is 16.9. The van der Waals surface area contributed by atoms with E-state index in [2.05, 4.69) is 0 Å². The van der Waals surface area contributed by atoms with Crippen LogP contribution in [0.3, 0.4) is 0 Å². The van der Waals surface area contributed by atoms with Gasteiger partial charge in [0.15, 0.2) is 0 Å². The van der Waals surface area contributed by atoms with Crippen LogP contribution in [0, 0.1) is 5.92 Å². The van der Waals surface area contributed by atoms with Crippen molar-refractivity contribution in [3.8, 4) is 0 Å². The number of carbonyl (C=O) groups excluding carboxylic acids is 1. The number of alkyl halides is 3. The quantitative estimate of drug-likeness (QED) is 0.659. The summed E-state index contributed by atoms with van der Waals surface area (Å²) in [5, 5.41) is 0. The lowest BCUT2D eigenvalue weighted by molar-refractivity contribution is -0.137. The molecule has 1 aliphatic heterocycles. The van der Waals surface area contributed by atoms with Gasteiger partial charge in [0.2, 0.25) is 15.9 Å². The molecule has 1 heterocycles. The van der Waals surface area contributed by atoms with Gasteiger partial charge in [-0.1, -0.05) is 12.1 Å². The predicted octanol–water partition coefficient (Wildman–Crippen LogP) is 2.27. The smallest absolute Gasteiger partial charge is 0.337 e. The van der Waals surface area contributed by atoms with Crippen molar-refractivity contribution in [2.45, 2.75) is 25.6 Å². The standard InChI is InChI=1S/C19H28F3N3O3S/c1-23(2)11-12-24(14-15-5-4-6-17(13-15)19(20,21)22)18(26)16-7-9-25(10-8-16)29(3,27)28/h4-6,13,16H,7-12,14H2,1-3H3. The number of nitrogens with zero attached hydrogens (tertiary/aromatic N) is 3. The fraction of sp³-hybridized carbons (Fsp3) is 0.632. The summed E-state index contributed by atoms with van der Waals surface area (Å²) in [5.41, 5.74) is -0.322. The number of benzene rings is 1. The first-order valence-corrected chi connectivity index (χ1v) is 11.3. The summed E-state index contributed by atoms with van der Waals surface area (Å²) in [6, 6.07) is 5.01. The van der Waals surface area contributed by atoms with E-state index in [0.717, 1.165) is 18.4 Å². The van der Waals surface area contributed by atoms with E-state index >= 15 is 0 Å². The largest absolute Gasteiger partial charge is 0.416 e. The monoisotopic (exact) mass is 435 g/mol. The summed E-state index contributed by atoms with van der Waals surface area (Å²) in [6.07, 6.45) is -2.47. The maximum Gasteiger partial charge on any atom is 0.416 e. The molecular formula is C19H28F3N3O3S. The number of likely N-dealkylation sites (N-methyl/N-ethyl adjacent to an activating group) is 1. The summed E-state index contributed by atoms with van der Waals surface area (Å²) in [6.45, 7) is 1.60. The fourth-order valence-corrected chi connectivity index (χ4v) is 4.22. The molecule has 0 bridgehead atoms. The van der Waals surface area contributed by atoms with Crippen LogP contribution in [-0.2, 0) is 27.5 Å². The topological polar surface area (TPSA) is 60.9 Å². The molecular weight excluding hydrogens is 407 g/mol. The third-order valence-corrected chi connectivity index (χ3v) is 6.33. The summed E-state index contributed by atoms with van der Waals surface area (Å²) in [5.74, 6) is -0.474. The lowest BCUT2D eigenvalue weighted by atomic mass is 9.96. The molecule has 29 heavy (non-hydrogen) atoms. The number of piperidine rings is 1. The molecule has 1 aromatic carbocycles. The van der Waals surface area contributed by atoms with E-state index in [1.54, 1.807) is 11.0 Å². The molecule has 0 radical (unpaired) electrons. The number of rotatable bonds is 7. The lowest BCUT2D eigenvalue weighted by Crippen LogP contribution is -2.45. The highest BCUT2D eigenvalue weighted by Crippen LogP contribution is 2.30. The van der Waals surface area contributed by atoms with Crippen LogP contribution in [0.15, 0.2) is 24.3 Å². The summed E-state index contributed by atoms with van der Waals surface area (Å²) < 4.78 is 63.7. The van der Waals surface area contributed by atoms with E-state index in [1.807, 2.05) is 19.0 Å². The molecule has 0 saturated carbocycles. The van der Waals surface area contributed by atoms with Gasteiger partial charge in [0.05, 0.1) is 11.8 Å². The van der Waals surface area contributed by atoms with Gasteiger partial charge in [-0.05, 0) is 44.6 Å². The SMILES string of the molecule is CN(C)CCN(Cc1cccc(C(F)(F)F)c1)C(=O)C1CCN(S(C)(=O)=O)CC1. The van der Waals surface area contributed by atoms with E-state index in [1.165, 1.54) is 10.4 Å². The molecule has 1 amide bonds. The van der Waals surface area contributed by atoms with Crippen LogP contribution in [0.4, 0.5) is 13.2 Å². The Bertz CT molecular complexity index is 804. The molecule has 6 nitrogen and oxygen atoms in total. The number of hydrogen-bond donors (Lipinski definition) is 0. The van der Waals surface area contributed by atoms with Gasteiger partial charge in [-0.15, -0.1) is 0 Å². The van der Waals surface area contributed by atoms with Crippen molar-refractivity contribution in [1.82, 2.24) is 14.1 Å². The third-order valence-electron chi connectivity index (χ3n) is 5.03. The van der Waals surface area contributed by atoms with Crippen molar-refractivity contribution >= 4 is 15.9 Å². The van der Waals surface area contributed by atoms with Gasteiger partial charge in [-0.25, -0.2) is 12.7 Å². The Labute approximate surface area is 170 Å². The van der Waals surface area contributed by atoms with Crippen molar-refractivity contribution in [2.75, 3.05) is 46.5 Å². The molecule has 0 spiro atoms. The second kappa shape index (κ2) is 9.44. The first-order valence-electron chi connectivity index (χ1n) is 9.42. The van der Waals surface area contributed by atoms with E-state index in [4.69, 9.17) is 0 Å². The maximum absolute atomic E-state index is 13.1. The molecule has 1 aliphatic rings. The van der Waals surface area contributed by atoms with Crippen LogP contribution >= 0.6 is 0 Å². The molecule has 0 unspecified atom stereocenters. The van der Waals surface area contributed by atoms with Crippen LogP contribution in [-0.4, -0.2) is 75.0 Å². The van der Waals surface area contributed by atoms with Crippen LogP contribution in [0.5, 0.6) is 0 Å². The third kappa shape index (κ3) is 6.97. The summed E-state index contributed by atoms with van der Waals surface area (Å²) in [7, 11) is 0.429. The molecule has 1 saturated heterocycles. The average molecular weight is 436 g/mol. The van der Waals surface area contributed by atoms with Gasteiger partial charge in [-0.2, -0.15) is 13.2 Å². The van der Waals surface area contributed by atoms with E-state index in [0.29, 0.717) is 31.5 Å². The van der Waals surface area contributed by atoms with Gasteiger partial charge in [-0.3, -0.25) is 4.79 Å². The lowest BCUT2D eigenvalue weighted by Gasteiger charge is -2.33. The van der Waals surface area contributed by atoms with Crippen molar-refractivity contribution in [3.63, 3.8) is 0 Å². The molecule has 1 aromatic rings. The Kier molecular flexibility index (Phi) is 7.69. The minimum Gasteiger partial charge on any atom is -0.337 e. The van der Waals surface area contributed by atoms with Crippen molar-refractivity contribution in [1.29, 1.82) is 0 Å². The van der Waals surface area contributed by atoms with E-state index in [9.17, 15) is 26.4 Å². The summed E-state index contributed by atoms with van der Waals surface area (Å²) >= 11 is 0. The van der Waals surface area contributed by atoms with Crippen LogP contribution in [0.2, 0.25) is 0 Å². The second-order valence-electron chi connectivity index (χ2n) is 7.70. The number of hydrogen-bond acceptors (Lipinski definition) is 4. The Hall–Kier alpha value is -1.65. The second-order valence-corrected chi connectivity index (χ2v) is 9.68. The number of halogens is 3. The van der Waals surface area contributed by atoms with E-state index in [-0.39, 0.29) is 31.5 Å². The Morgan fingerprint density at radius 2 is 1.79 bits per heavy atom. The van der Waals surface area contributed by atoms with Crippen LogP contribution in [0.1, 0.15) is 24.0 Å². The molecule has 0 aliphatic carbocycles. The fourth-order valence-electron chi connectivity index (χ4n) is 3.35. The molecule has 10 heteroatoms. The highest BCUT2D eigenvalue weighted by atomic mass is 32.2. The normalized spacial score (nSPS) is 16.9. The van der Waals surface area contributed by atoms with Crippen molar-refractivity contribution in [3.05, 3.63) is 35.4 Å². The minimum atomic E-state index is -4.44. The van der Waals surface area contributed by atoms with Crippen molar-refractivity contribution in [2.24, 2.45) is 5.92 Å². The molecule has 2 rings (SSSR count). The highest BCUT2D eigenvalue weighted by Gasteiger charge is 2.33. The minimum absolute atomic E-state index is 0.0862. The number of amides is 1. The van der Waals surface area contributed by atoms with Crippen LogP contribution in [0.25, 0.3) is 0 Å². The molecule has 0 aromatic heterocycles.